The van der Waals surface area contributed by atoms with Crippen molar-refractivity contribution in [2.75, 3.05) is 6.61 Å². The summed E-state index contributed by atoms with van der Waals surface area (Å²) in [5.41, 5.74) is 1.22. The van der Waals surface area contributed by atoms with Gasteiger partial charge < -0.3 is 19.7 Å². The van der Waals surface area contributed by atoms with E-state index in [0.29, 0.717) is 0 Å². The van der Waals surface area contributed by atoms with Crippen LogP contribution in [0.25, 0.3) is 0 Å². The number of hydrogen-bond acceptors (Lipinski definition) is 6. The van der Waals surface area contributed by atoms with Gasteiger partial charge in [-0.1, -0.05) is 37.9 Å². The molecule has 0 rings (SSSR count). The molecule has 0 amide bonds. The number of aliphatic hydroxyl groups is 1. The maximum Gasteiger partial charge on any atom is 0.330 e. The average Bonchev–Trinajstić information content (AvgIpc) is 2.46. The lowest BCUT2D eigenvalue weighted by Crippen LogP contribution is -2.13. The highest BCUT2D eigenvalue weighted by atomic mass is 35.5. The van der Waals surface area contributed by atoms with Crippen molar-refractivity contribution in [2.24, 2.45) is 0 Å². The van der Waals surface area contributed by atoms with E-state index in [1.165, 1.54) is 19.4 Å². The van der Waals surface area contributed by atoms with E-state index in [9.17, 15) is 14.4 Å². The molecule has 0 fully saturated rings. The summed E-state index contributed by atoms with van der Waals surface area (Å²) in [6, 6.07) is 0. The van der Waals surface area contributed by atoms with Crippen LogP contribution in [0.4, 0.5) is 0 Å². The SMILES string of the molecule is C=CC(=O)O.C=CC(=O)OCC(C)O.C=CCl.C=COC(C)=O. The number of esters is 2. The fourth-order valence-corrected chi connectivity index (χ4v) is 0.379. The fourth-order valence-electron chi connectivity index (χ4n) is 0.379. The predicted molar refractivity (Wildman–Crippen MR) is 88.7 cm³/mol. The summed E-state index contributed by atoms with van der Waals surface area (Å²) in [5.74, 6) is -1.81. The summed E-state index contributed by atoms with van der Waals surface area (Å²) >= 11 is 4.76. The monoisotopic (exact) mass is 350 g/mol. The number of carbonyl (C=O) groups is 3. The standard InChI is InChI=1S/C6H10O3.C4H6O2.C3H4O2.C2H3Cl/c1-3-6(8)9-4-5(2)7;1-3-6-4(2)5;1-2-3(4)5;1-2-3/h3,5,7H,1,4H2,2H3;3H,1H2,2H3;2H,1H2,(H,4,5);2H,1H2. The van der Waals surface area contributed by atoms with Gasteiger partial charge in [0.15, 0.2) is 0 Å². The molecule has 132 valence electrons. The molecule has 0 aliphatic heterocycles. The Labute approximate surface area is 141 Å². The number of aliphatic carboxylic acids is 1. The van der Waals surface area contributed by atoms with Crippen LogP contribution < -0.4 is 0 Å². The lowest BCUT2D eigenvalue weighted by molar-refractivity contribution is -0.140. The predicted octanol–water partition coefficient (Wildman–Crippen LogP) is 2.42. The first kappa shape index (κ1) is 28.7. The van der Waals surface area contributed by atoms with Crippen LogP contribution in [0.3, 0.4) is 0 Å². The number of carbonyl (C=O) groups excluding carboxylic acids is 2. The first-order chi connectivity index (χ1) is 10.6. The summed E-state index contributed by atoms with van der Waals surface area (Å²) < 4.78 is 8.61. The van der Waals surface area contributed by atoms with Crippen molar-refractivity contribution in [1.82, 2.24) is 0 Å². The van der Waals surface area contributed by atoms with E-state index in [-0.39, 0.29) is 12.6 Å². The van der Waals surface area contributed by atoms with Crippen molar-refractivity contribution in [2.45, 2.75) is 20.0 Å². The Hall–Kier alpha value is -2.38. The second-order valence-electron chi connectivity index (χ2n) is 3.16. The second-order valence-corrected chi connectivity index (χ2v) is 3.46. The Morgan fingerprint density at radius 3 is 1.70 bits per heavy atom. The van der Waals surface area contributed by atoms with E-state index in [0.717, 1.165) is 18.4 Å². The minimum absolute atomic E-state index is 0.0326. The number of aliphatic hydroxyl groups excluding tert-OH is 1. The second kappa shape index (κ2) is 24.6. The lowest BCUT2D eigenvalue weighted by Gasteiger charge is -2.02. The zero-order valence-electron chi connectivity index (χ0n) is 13.2. The van der Waals surface area contributed by atoms with Gasteiger partial charge in [0.05, 0.1) is 12.4 Å². The van der Waals surface area contributed by atoms with Crippen LogP contribution in [0.5, 0.6) is 0 Å². The lowest BCUT2D eigenvalue weighted by atomic mass is 10.4. The highest BCUT2D eigenvalue weighted by molar-refractivity contribution is 6.25. The Morgan fingerprint density at radius 1 is 1.17 bits per heavy atom. The van der Waals surface area contributed by atoms with E-state index < -0.39 is 18.0 Å². The summed E-state index contributed by atoms with van der Waals surface area (Å²) in [4.78, 5) is 29.3. The third-order valence-corrected chi connectivity index (χ3v) is 1.06. The van der Waals surface area contributed by atoms with E-state index >= 15 is 0 Å². The third kappa shape index (κ3) is 65.8. The van der Waals surface area contributed by atoms with Crippen LogP contribution in [-0.2, 0) is 23.9 Å². The van der Waals surface area contributed by atoms with Gasteiger partial charge in [-0.25, -0.2) is 9.59 Å². The highest BCUT2D eigenvalue weighted by Gasteiger charge is 1.98. The molecule has 8 heteroatoms. The largest absolute Gasteiger partial charge is 0.478 e. The number of ether oxygens (including phenoxy) is 2. The van der Waals surface area contributed by atoms with E-state index in [4.69, 9.17) is 21.8 Å². The van der Waals surface area contributed by atoms with Crippen molar-refractivity contribution in [3.63, 3.8) is 0 Å². The minimum Gasteiger partial charge on any atom is -0.478 e. The Bertz CT molecular complexity index is 376. The molecule has 0 aromatic heterocycles. The highest BCUT2D eigenvalue weighted by Crippen LogP contribution is 1.83. The molecule has 1 unspecified atom stereocenters. The summed E-state index contributed by atoms with van der Waals surface area (Å²) in [6.45, 7) is 15.3. The van der Waals surface area contributed by atoms with Gasteiger partial charge in [-0.2, -0.15) is 0 Å². The molecule has 0 heterocycles. The molecule has 1 atom stereocenters. The minimum atomic E-state index is -0.981. The molecule has 2 N–H and O–H groups in total. The van der Waals surface area contributed by atoms with Crippen LogP contribution in [0.15, 0.2) is 50.3 Å². The van der Waals surface area contributed by atoms with Gasteiger partial charge in [0.25, 0.3) is 0 Å². The van der Waals surface area contributed by atoms with Crippen LogP contribution >= 0.6 is 11.6 Å². The number of hydrogen-bond donors (Lipinski definition) is 2. The molecule has 0 aliphatic carbocycles. The van der Waals surface area contributed by atoms with Crippen LogP contribution in [0.2, 0.25) is 0 Å². The molecule has 0 saturated heterocycles. The molecular weight excluding hydrogens is 328 g/mol. The number of carboxylic acids is 1. The van der Waals surface area contributed by atoms with Gasteiger partial charge in [0, 0.05) is 19.1 Å². The molecule has 0 radical (unpaired) electrons. The van der Waals surface area contributed by atoms with E-state index in [1.54, 1.807) is 0 Å². The quantitative estimate of drug-likeness (QED) is 0.445. The van der Waals surface area contributed by atoms with Gasteiger partial charge in [-0.05, 0) is 12.5 Å². The molecule has 0 aromatic carbocycles. The summed E-state index contributed by atoms with van der Waals surface area (Å²) in [5, 5.41) is 16.2. The topological polar surface area (TPSA) is 110 Å². The first-order valence-electron chi connectivity index (χ1n) is 5.94. The van der Waals surface area contributed by atoms with Gasteiger partial charge in [0.1, 0.15) is 6.61 Å². The molecule has 0 saturated carbocycles. The number of rotatable bonds is 5. The zero-order chi connectivity index (χ0) is 19.3. The molecule has 23 heavy (non-hydrogen) atoms. The molecule has 0 bridgehead atoms. The van der Waals surface area contributed by atoms with Crippen molar-refractivity contribution in [3.05, 3.63) is 50.3 Å². The average molecular weight is 351 g/mol. The van der Waals surface area contributed by atoms with E-state index in [2.05, 4.69) is 35.8 Å². The Kier molecular flexibility index (Phi) is 30.8. The molecule has 7 nitrogen and oxygen atoms in total. The maximum absolute atomic E-state index is 10.3. The summed E-state index contributed by atoms with van der Waals surface area (Å²) in [7, 11) is 0. The number of carboxylic acid groups (broad SMARTS) is 1. The van der Waals surface area contributed by atoms with Gasteiger partial charge in [-0.15, -0.1) is 0 Å². The summed E-state index contributed by atoms with van der Waals surface area (Å²) in [6.07, 6.45) is 2.39. The fraction of sp³-hybridized carbons (Fsp3) is 0.267. The van der Waals surface area contributed by atoms with Crippen LogP contribution in [0, 0.1) is 0 Å². The van der Waals surface area contributed by atoms with Crippen molar-refractivity contribution in [1.29, 1.82) is 0 Å². The third-order valence-electron chi connectivity index (χ3n) is 1.06. The smallest absolute Gasteiger partial charge is 0.330 e. The van der Waals surface area contributed by atoms with E-state index in [1.807, 2.05) is 0 Å². The van der Waals surface area contributed by atoms with Gasteiger partial charge >= 0.3 is 17.9 Å². The molecule has 0 spiro atoms. The van der Waals surface area contributed by atoms with Crippen LogP contribution in [0.1, 0.15) is 13.8 Å². The van der Waals surface area contributed by atoms with Gasteiger partial charge in [-0.3, -0.25) is 4.79 Å². The molecule has 0 aliphatic rings. The zero-order valence-corrected chi connectivity index (χ0v) is 14.0. The maximum atomic E-state index is 10.3. The van der Waals surface area contributed by atoms with Crippen LogP contribution in [-0.4, -0.2) is 40.8 Å². The number of halogens is 1. The molecule has 0 aromatic rings. The normalized spacial score (nSPS) is 8.52. The van der Waals surface area contributed by atoms with Crippen molar-refractivity contribution >= 4 is 29.5 Å². The van der Waals surface area contributed by atoms with Crippen molar-refractivity contribution < 1.29 is 34.1 Å². The van der Waals surface area contributed by atoms with Crippen molar-refractivity contribution in [3.8, 4) is 0 Å². The Morgan fingerprint density at radius 2 is 1.57 bits per heavy atom. The van der Waals surface area contributed by atoms with Gasteiger partial charge in [0.2, 0.25) is 0 Å². The Balaban J connectivity index is -0.000000113. The molecular formula is C15H23ClO7. The first-order valence-corrected chi connectivity index (χ1v) is 6.38.